The summed E-state index contributed by atoms with van der Waals surface area (Å²) in [6.07, 6.45) is 0.829. The molecule has 0 bridgehead atoms. The van der Waals surface area contributed by atoms with Crippen molar-refractivity contribution in [2.45, 2.75) is 77.1 Å². The van der Waals surface area contributed by atoms with Crippen molar-refractivity contribution in [2.75, 3.05) is 13.1 Å². The molecule has 1 aliphatic carbocycles. The van der Waals surface area contributed by atoms with Gasteiger partial charge >= 0.3 is 12.1 Å². The van der Waals surface area contributed by atoms with Gasteiger partial charge in [-0.15, -0.1) is 0 Å². The third kappa shape index (κ3) is 5.35. The van der Waals surface area contributed by atoms with Crippen molar-refractivity contribution in [1.29, 1.82) is 0 Å². The molecule has 0 aromatic heterocycles. The van der Waals surface area contributed by atoms with Crippen molar-refractivity contribution in [2.24, 2.45) is 11.8 Å². The summed E-state index contributed by atoms with van der Waals surface area (Å²) in [4.78, 5) is 13.5. The molecule has 186 valence electrons. The third-order valence-corrected chi connectivity index (χ3v) is 7.64. The number of rotatable bonds is 6. The van der Waals surface area contributed by atoms with E-state index in [1.807, 2.05) is 6.07 Å². The number of nitrogens with zero attached hydrogens (tertiary/aromatic N) is 1. The average molecular weight is 478 g/mol. The molecule has 1 aliphatic heterocycles. The van der Waals surface area contributed by atoms with Gasteiger partial charge in [-0.2, -0.15) is 13.2 Å². The molecule has 0 amide bonds. The summed E-state index contributed by atoms with van der Waals surface area (Å²) in [5.41, 5.74) is 0.275. The monoisotopic (exact) mass is 477 g/mol. The summed E-state index contributed by atoms with van der Waals surface area (Å²) in [6, 6.07) is 8.49. The van der Waals surface area contributed by atoms with E-state index >= 15 is 0 Å². The zero-order valence-corrected chi connectivity index (χ0v) is 19.9. The minimum atomic E-state index is -4.51. The van der Waals surface area contributed by atoms with Crippen LogP contribution in [-0.2, 0) is 11.0 Å². The first-order chi connectivity index (χ1) is 16.2. The molecule has 34 heavy (non-hydrogen) atoms. The van der Waals surface area contributed by atoms with Crippen LogP contribution in [0.3, 0.4) is 0 Å². The highest BCUT2D eigenvalue weighted by Gasteiger charge is 2.37. The molecule has 4 rings (SSSR count). The molecule has 1 saturated heterocycles. The van der Waals surface area contributed by atoms with E-state index in [9.17, 15) is 23.1 Å². The van der Waals surface area contributed by atoms with Gasteiger partial charge in [0.05, 0.1) is 12.0 Å². The van der Waals surface area contributed by atoms with Crippen molar-refractivity contribution in [3.05, 3.63) is 41.5 Å². The van der Waals surface area contributed by atoms with Crippen LogP contribution in [-0.4, -0.2) is 35.2 Å². The van der Waals surface area contributed by atoms with Crippen molar-refractivity contribution < 1.29 is 27.8 Å². The third-order valence-electron chi connectivity index (χ3n) is 7.64. The zero-order valence-electron chi connectivity index (χ0n) is 19.9. The van der Waals surface area contributed by atoms with Crippen LogP contribution in [0.25, 0.3) is 10.8 Å². The van der Waals surface area contributed by atoms with Gasteiger partial charge in [0.2, 0.25) is 0 Å². The lowest BCUT2D eigenvalue weighted by Crippen LogP contribution is -2.38. The summed E-state index contributed by atoms with van der Waals surface area (Å²) < 4.78 is 48.4. The Hall–Kier alpha value is -2.28. The van der Waals surface area contributed by atoms with Gasteiger partial charge < -0.3 is 9.84 Å². The van der Waals surface area contributed by atoms with E-state index in [1.165, 1.54) is 6.07 Å². The number of halogens is 3. The first-order valence-electron chi connectivity index (χ1n) is 12.4. The van der Waals surface area contributed by atoms with Gasteiger partial charge in [0.25, 0.3) is 0 Å². The number of aliphatic carboxylic acids is 1. The van der Waals surface area contributed by atoms with Gasteiger partial charge in [0.15, 0.2) is 0 Å². The van der Waals surface area contributed by atoms with Gasteiger partial charge in [0, 0.05) is 6.04 Å². The van der Waals surface area contributed by atoms with E-state index in [0.29, 0.717) is 37.2 Å². The molecule has 1 unspecified atom stereocenters. The van der Waals surface area contributed by atoms with E-state index in [2.05, 4.69) is 18.7 Å². The van der Waals surface area contributed by atoms with Crippen molar-refractivity contribution in [3.8, 4) is 5.75 Å². The SMILES string of the molecule is CCC(c1ccc2c(C(F)(F)F)c(OC3CCC(C)CC3)ccc2c1)N1CCC(C(=O)O)CC1. The second-order valence-electron chi connectivity index (χ2n) is 9.99. The number of piperidine rings is 1. The Balaban J connectivity index is 1.61. The second kappa shape index (κ2) is 10.1. The Morgan fingerprint density at radius 1 is 1.09 bits per heavy atom. The lowest BCUT2D eigenvalue weighted by atomic mass is 9.89. The van der Waals surface area contributed by atoms with Gasteiger partial charge in [-0.25, -0.2) is 0 Å². The van der Waals surface area contributed by atoms with Crippen molar-refractivity contribution >= 4 is 16.7 Å². The predicted octanol–water partition coefficient (Wildman–Crippen LogP) is 7.06. The van der Waals surface area contributed by atoms with E-state index in [4.69, 9.17) is 4.74 Å². The minimum absolute atomic E-state index is 0.0497. The molecule has 1 heterocycles. The van der Waals surface area contributed by atoms with Crippen LogP contribution in [0, 0.1) is 11.8 Å². The number of ether oxygens (including phenoxy) is 1. The molecule has 1 N–H and O–H groups in total. The largest absolute Gasteiger partial charge is 0.490 e. The Kier molecular flexibility index (Phi) is 7.41. The number of fused-ring (bicyclic) bond motifs is 1. The van der Waals surface area contributed by atoms with E-state index in [0.717, 1.165) is 37.7 Å². The molecule has 2 aliphatic rings. The van der Waals surface area contributed by atoms with Gasteiger partial charge in [-0.1, -0.05) is 32.0 Å². The van der Waals surface area contributed by atoms with E-state index in [1.54, 1.807) is 18.2 Å². The number of hydrogen-bond donors (Lipinski definition) is 1. The van der Waals surface area contributed by atoms with E-state index in [-0.39, 0.29) is 29.2 Å². The molecule has 2 fully saturated rings. The number of hydrogen-bond acceptors (Lipinski definition) is 3. The van der Waals surface area contributed by atoms with Crippen LogP contribution < -0.4 is 4.74 Å². The maximum absolute atomic E-state index is 14.2. The quantitative estimate of drug-likeness (QED) is 0.484. The Morgan fingerprint density at radius 3 is 2.35 bits per heavy atom. The second-order valence-corrected chi connectivity index (χ2v) is 9.99. The Labute approximate surface area is 199 Å². The number of carbonyl (C=O) groups is 1. The highest BCUT2D eigenvalue weighted by molar-refractivity contribution is 5.89. The molecule has 1 saturated carbocycles. The lowest BCUT2D eigenvalue weighted by Gasteiger charge is -2.36. The molecular weight excluding hydrogens is 443 g/mol. The zero-order chi connectivity index (χ0) is 24.5. The average Bonchev–Trinajstić information content (AvgIpc) is 2.80. The highest BCUT2D eigenvalue weighted by Crippen LogP contribution is 2.43. The standard InChI is InChI=1S/C27H34F3NO3/c1-3-23(31-14-12-18(13-15-31)26(32)33)20-6-10-22-19(16-20)7-11-24(25(22)27(28,29)30)34-21-8-4-17(2)5-9-21/h6-7,10-11,16-18,21,23H,3-5,8-9,12-15H2,1-2H3,(H,32,33). The van der Waals surface area contributed by atoms with Crippen LogP contribution in [0.1, 0.15) is 76.0 Å². The van der Waals surface area contributed by atoms with E-state index < -0.39 is 17.7 Å². The number of carboxylic acids is 1. The number of carboxylic acid groups (broad SMARTS) is 1. The fraction of sp³-hybridized carbons (Fsp3) is 0.593. The minimum Gasteiger partial charge on any atom is -0.490 e. The normalized spacial score (nSPS) is 23.7. The molecule has 1 atom stereocenters. The predicted molar refractivity (Wildman–Crippen MR) is 126 cm³/mol. The molecule has 7 heteroatoms. The summed E-state index contributed by atoms with van der Waals surface area (Å²) >= 11 is 0. The van der Waals surface area contributed by atoms with Gasteiger partial charge in [0.1, 0.15) is 11.3 Å². The van der Waals surface area contributed by atoms with Crippen LogP contribution >= 0.6 is 0 Å². The summed E-state index contributed by atoms with van der Waals surface area (Å²) in [6.45, 7) is 5.58. The molecule has 2 aromatic carbocycles. The summed E-state index contributed by atoms with van der Waals surface area (Å²) in [5.74, 6) is -0.544. The van der Waals surface area contributed by atoms with Crippen LogP contribution in [0.2, 0.25) is 0 Å². The topological polar surface area (TPSA) is 49.8 Å². The molecule has 4 nitrogen and oxygen atoms in total. The molecular formula is C27H34F3NO3. The lowest BCUT2D eigenvalue weighted by molar-refractivity contribution is -0.143. The van der Waals surface area contributed by atoms with Crippen LogP contribution in [0.5, 0.6) is 5.75 Å². The number of likely N-dealkylation sites (tertiary alicyclic amines) is 1. The maximum Gasteiger partial charge on any atom is 0.420 e. The molecule has 0 spiro atoms. The highest BCUT2D eigenvalue weighted by atomic mass is 19.4. The van der Waals surface area contributed by atoms with Crippen LogP contribution in [0.15, 0.2) is 30.3 Å². The van der Waals surface area contributed by atoms with Crippen molar-refractivity contribution in [3.63, 3.8) is 0 Å². The smallest absolute Gasteiger partial charge is 0.420 e. The molecule has 0 radical (unpaired) electrons. The van der Waals surface area contributed by atoms with Gasteiger partial charge in [-0.3, -0.25) is 9.69 Å². The Bertz CT molecular complexity index is 1010. The fourth-order valence-electron chi connectivity index (χ4n) is 5.62. The van der Waals surface area contributed by atoms with Crippen LogP contribution in [0.4, 0.5) is 13.2 Å². The first-order valence-corrected chi connectivity index (χ1v) is 12.4. The molecule has 2 aromatic rings. The Morgan fingerprint density at radius 2 is 1.76 bits per heavy atom. The fourth-order valence-corrected chi connectivity index (χ4v) is 5.62. The maximum atomic E-state index is 14.2. The first kappa shape index (κ1) is 24.8. The van der Waals surface area contributed by atoms with Gasteiger partial charge in [-0.05, 0) is 92.4 Å². The number of benzene rings is 2. The summed E-state index contributed by atoms with van der Waals surface area (Å²) in [5, 5.41) is 9.98. The van der Waals surface area contributed by atoms with Crippen molar-refractivity contribution in [1.82, 2.24) is 4.90 Å². The number of alkyl halides is 3. The summed E-state index contributed by atoms with van der Waals surface area (Å²) in [7, 11) is 0.